The number of nitrogens with one attached hydrogen (secondary N) is 1. The third-order valence-corrected chi connectivity index (χ3v) is 8.11. The van der Waals surface area contributed by atoms with Crippen LogP contribution in [0, 0.1) is 0 Å². The second-order valence-corrected chi connectivity index (χ2v) is 11.9. The fraction of sp³-hybridized carbons (Fsp3) is 0.310. The smallest absolute Gasteiger partial charge is 0.244 e. The Labute approximate surface area is 240 Å². The Morgan fingerprint density at radius 2 is 1.51 bits per heavy atom. The number of benzene rings is 3. The minimum absolute atomic E-state index is 0.0187. The molecule has 3 aromatic rings. The van der Waals surface area contributed by atoms with E-state index in [0.717, 1.165) is 34.5 Å². The molecule has 0 aliphatic rings. The zero-order valence-corrected chi connectivity index (χ0v) is 24.3. The van der Waals surface area contributed by atoms with Crippen molar-refractivity contribution in [2.24, 2.45) is 0 Å². The quantitative estimate of drug-likeness (QED) is 0.273. The number of unbranched alkanes of at least 4 members (excludes halogenated alkanes) is 1. The number of sulfonamides is 1. The van der Waals surface area contributed by atoms with Crippen LogP contribution in [0.2, 0.25) is 10.0 Å². The molecule has 10 heteroatoms. The highest BCUT2D eigenvalue weighted by molar-refractivity contribution is 7.92. The summed E-state index contributed by atoms with van der Waals surface area (Å²) in [5, 5.41) is 3.13. The summed E-state index contributed by atoms with van der Waals surface area (Å²) in [5.41, 5.74) is 1.76. The molecule has 0 aliphatic carbocycles. The van der Waals surface area contributed by atoms with E-state index in [9.17, 15) is 18.0 Å². The van der Waals surface area contributed by atoms with Crippen LogP contribution >= 0.6 is 23.2 Å². The van der Waals surface area contributed by atoms with Gasteiger partial charge in [0.2, 0.25) is 21.8 Å². The maximum absolute atomic E-state index is 14.0. The van der Waals surface area contributed by atoms with E-state index in [1.54, 1.807) is 6.07 Å². The molecule has 1 atom stereocenters. The van der Waals surface area contributed by atoms with Gasteiger partial charge < -0.3 is 10.2 Å². The Morgan fingerprint density at radius 1 is 0.897 bits per heavy atom. The largest absolute Gasteiger partial charge is 0.354 e. The first-order valence-electron chi connectivity index (χ1n) is 12.7. The van der Waals surface area contributed by atoms with Gasteiger partial charge in [-0.1, -0.05) is 103 Å². The van der Waals surface area contributed by atoms with Crippen LogP contribution in [0.4, 0.5) is 5.69 Å². The van der Waals surface area contributed by atoms with Crippen molar-refractivity contribution in [3.05, 3.63) is 100 Å². The number of carbonyl (C=O) groups is 2. The molecule has 39 heavy (non-hydrogen) atoms. The Kier molecular flexibility index (Phi) is 11.2. The van der Waals surface area contributed by atoms with Crippen LogP contribution in [0.15, 0.2) is 78.9 Å². The van der Waals surface area contributed by atoms with Gasteiger partial charge in [-0.25, -0.2) is 8.42 Å². The number of anilines is 1. The summed E-state index contributed by atoms with van der Waals surface area (Å²) >= 11 is 12.5. The van der Waals surface area contributed by atoms with Crippen molar-refractivity contribution in [2.75, 3.05) is 23.7 Å². The third-order valence-electron chi connectivity index (χ3n) is 6.18. The molecular weight excluding hydrogens is 557 g/mol. The molecule has 0 radical (unpaired) electrons. The van der Waals surface area contributed by atoms with Crippen molar-refractivity contribution < 1.29 is 18.0 Å². The number of carbonyl (C=O) groups excluding carboxylic acids is 2. The predicted molar refractivity (Wildman–Crippen MR) is 157 cm³/mol. The Hall–Kier alpha value is -3.07. The van der Waals surface area contributed by atoms with E-state index in [4.69, 9.17) is 23.2 Å². The summed E-state index contributed by atoms with van der Waals surface area (Å²) in [5.74, 6) is -0.852. The maximum atomic E-state index is 14.0. The molecule has 0 unspecified atom stereocenters. The summed E-state index contributed by atoms with van der Waals surface area (Å²) in [7, 11) is -3.94. The Bertz CT molecular complexity index is 1360. The van der Waals surface area contributed by atoms with E-state index < -0.39 is 28.5 Å². The SMILES string of the molecule is CCCCNC(=O)[C@@H](Cc1ccccc1)N(Cc1ccccc1)C(=O)CN(c1cccc(Cl)c1Cl)S(C)(=O)=O. The van der Waals surface area contributed by atoms with Gasteiger partial charge >= 0.3 is 0 Å². The van der Waals surface area contributed by atoms with E-state index in [2.05, 4.69) is 5.32 Å². The summed E-state index contributed by atoms with van der Waals surface area (Å²) < 4.78 is 26.6. The minimum atomic E-state index is -3.94. The zero-order valence-electron chi connectivity index (χ0n) is 22.0. The minimum Gasteiger partial charge on any atom is -0.354 e. The summed E-state index contributed by atoms with van der Waals surface area (Å²) in [4.78, 5) is 29.0. The summed E-state index contributed by atoms with van der Waals surface area (Å²) in [6.07, 6.45) is 2.96. The van der Waals surface area contributed by atoms with Crippen LogP contribution < -0.4 is 9.62 Å². The van der Waals surface area contributed by atoms with Gasteiger partial charge in [-0.3, -0.25) is 13.9 Å². The van der Waals surface area contributed by atoms with Gasteiger partial charge in [0.1, 0.15) is 12.6 Å². The first kappa shape index (κ1) is 30.5. The predicted octanol–water partition coefficient (Wildman–Crippen LogP) is 5.32. The van der Waals surface area contributed by atoms with Crippen LogP contribution in [0.5, 0.6) is 0 Å². The molecule has 0 fully saturated rings. The number of amides is 2. The summed E-state index contributed by atoms with van der Waals surface area (Å²) in [6, 6.07) is 22.4. The first-order valence-corrected chi connectivity index (χ1v) is 15.3. The maximum Gasteiger partial charge on any atom is 0.244 e. The van der Waals surface area contributed by atoms with Crippen molar-refractivity contribution in [3.63, 3.8) is 0 Å². The van der Waals surface area contributed by atoms with E-state index >= 15 is 0 Å². The second kappa shape index (κ2) is 14.4. The number of nitrogens with zero attached hydrogens (tertiary/aromatic N) is 2. The average Bonchev–Trinajstić information content (AvgIpc) is 2.91. The fourth-order valence-corrected chi connectivity index (χ4v) is 5.42. The molecule has 0 aliphatic heterocycles. The van der Waals surface area contributed by atoms with Crippen molar-refractivity contribution >= 4 is 50.7 Å². The topological polar surface area (TPSA) is 86.8 Å². The van der Waals surface area contributed by atoms with Gasteiger partial charge in [-0.2, -0.15) is 0 Å². The highest BCUT2D eigenvalue weighted by atomic mass is 35.5. The Balaban J connectivity index is 2.04. The number of hydrogen-bond acceptors (Lipinski definition) is 4. The highest BCUT2D eigenvalue weighted by Gasteiger charge is 2.33. The van der Waals surface area contributed by atoms with Crippen molar-refractivity contribution in [3.8, 4) is 0 Å². The van der Waals surface area contributed by atoms with Gasteiger partial charge in [0.25, 0.3) is 0 Å². The lowest BCUT2D eigenvalue weighted by Crippen LogP contribution is -2.53. The number of halogens is 2. The molecule has 0 saturated heterocycles. The van der Waals surface area contributed by atoms with Gasteiger partial charge in [-0.05, 0) is 29.7 Å². The molecule has 208 valence electrons. The molecule has 3 aromatic carbocycles. The Morgan fingerprint density at radius 3 is 2.10 bits per heavy atom. The first-order chi connectivity index (χ1) is 18.6. The van der Waals surface area contributed by atoms with Gasteiger partial charge in [0.15, 0.2) is 0 Å². The standard InChI is InChI=1S/C29H33Cl2N3O4S/c1-3-4-18-32-29(36)26(19-22-12-7-5-8-13-22)33(20-23-14-9-6-10-15-23)27(35)21-34(39(2,37)38)25-17-11-16-24(30)28(25)31/h5-17,26H,3-4,18-21H2,1-2H3,(H,32,36)/t26-/m1/s1. The molecule has 0 saturated carbocycles. The van der Waals surface area contributed by atoms with Crippen LogP contribution in [0.25, 0.3) is 0 Å². The molecule has 3 rings (SSSR count). The van der Waals surface area contributed by atoms with Gasteiger partial charge in [-0.15, -0.1) is 0 Å². The lowest BCUT2D eigenvalue weighted by atomic mass is 10.0. The van der Waals surface area contributed by atoms with Crippen LogP contribution in [-0.2, 0) is 32.6 Å². The van der Waals surface area contributed by atoms with Crippen LogP contribution in [0.3, 0.4) is 0 Å². The fourth-order valence-electron chi connectivity index (χ4n) is 4.12. The molecular formula is C29H33Cl2N3O4S. The van der Waals surface area contributed by atoms with Gasteiger partial charge in [0, 0.05) is 19.5 Å². The molecule has 2 amide bonds. The van der Waals surface area contributed by atoms with Crippen molar-refractivity contribution in [2.45, 2.75) is 38.8 Å². The molecule has 0 heterocycles. The zero-order chi connectivity index (χ0) is 28.4. The molecule has 1 N–H and O–H groups in total. The van der Waals surface area contributed by atoms with E-state index in [-0.39, 0.29) is 34.6 Å². The average molecular weight is 591 g/mol. The normalized spacial score (nSPS) is 12.0. The van der Waals surface area contributed by atoms with Crippen LogP contribution in [-0.4, -0.2) is 50.5 Å². The number of rotatable bonds is 13. The van der Waals surface area contributed by atoms with Crippen LogP contribution in [0.1, 0.15) is 30.9 Å². The monoisotopic (exact) mass is 589 g/mol. The molecule has 0 spiro atoms. The van der Waals surface area contributed by atoms with E-state index in [0.29, 0.717) is 6.54 Å². The second-order valence-electron chi connectivity index (χ2n) is 9.20. The molecule has 0 aromatic heterocycles. The summed E-state index contributed by atoms with van der Waals surface area (Å²) in [6.45, 7) is 2.06. The third kappa shape index (κ3) is 8.71. The number of hydrogen-bond donors (Lipinski definition) is 1. The van der Waals surface area contributed by atoms with E-state index in [1.807, 2.05) is 67.6 Å². The lowest BCUT2D eigenvalue weighted by Gasteiger charge is -2.33. The highest BCUT2D eigenvalue weighted by Crippen LogP contribution is 2.33. The van der Waals surface area contributed by atoms with Gasteiger partial charge in [0.05, 0.1) is 22.0 Å². The van der Waals surface area contributed by atoms with Crippen molar-refractivity contribution in [1.82, 2.24) is 10.2 Å². The molecule has 7 nitrogen and oxygen atoms in total. The lowest BCUT2D eigenvalue weighted by molar-refractivity contribution is -0.140. The van der Waals surface area contributed by atoms with Crippen molar-refractivity contribution in [1.29, 1.82) is 0 Å². The molecule has 0 bridgehead atoms. The van der Waals surface area contributed by atoms with E-state index in [1.165, 1.54) is 17.0 Å².